The van der Waals surface area contributed by atoms with E-state index < -0.39 is 0 Å². The van der Waals surface area contributed by atoms with Crippen molar-refractivity contribution in [1.82, 2.24) is 9.97 Å². The predicted octanol–water partition coefficient (Wildman–Crippen LogP) is 3.39. The number of nitrogens with one attached hydrogen (secondary N) is 2. The highest BCUT2D eigenvalue weighted by Gasteiger charge is 1.99. The van der Waals surface area contributed by atoms with Gasteiger partial charge in [0.1, 0.15) is 9.28 Å². The Bertz CT molecular complexity index is 517. The highest BCUT2D eigenvalue weighted by Crippen LogP contribution is 2.09. The summed E-state index contributed by atoms with van der Waals surface area (Å²) in [5.74, 6) is 0. The summed E-state index contributed by atoms with van der Waals surface area (Å²) in [6, 6.07) is 7.92. The van der Waals surface area contributed by atoms with E-state index in [4.69, 9.17) is 24.4 Å². The second kappa shape index (κ2) is 4.51. The number of rotatable bonds is 2. The molecular formula is C11H10N2S2. The van der Waals surface area contributed by atoms with Gasteiger partial charge in [-0.3, -0.25) is 0 Å². The first kappa shape index (κ1) is 10.3. The molecule has 0 saturated carbocycles. The Morgan fingerprint density at radius 1 is 0.867 bits per heavy atom. The lowest BCUT2D eigenvalue weighted by atomic mass is 10.1. The van der Waals surface area contributed by atoms with Gasteiger partial charge in [-0.15, -0.1) is 0 Å². The first-order valence-corrected chi connectivity index (χ1v) is 5.42. The number of aromatic amines is 2. The fourth-order valence-corrected chi connectivity index (χ4v) is 1.81. The van der Waals surface area contributed by atoms with Crippen molar-refractivity contribution >= 4 is 24.4 Å². The molecule has 0 amide bonds. The maximum atomic E-state index is 5.19. The van der Waals surface area contributed by atoms with E-state index in [1.54, 1.807) is 0 Å². The molecule has 0 aliphatic rings. The highest BCUT2D eigenvalue weighted by molar-refractivity contribution is 7.71. The molecule has 0 aromatic carbocycles. The molecule has 2 nitrogen and oxygen atoms in total. The molecule has 0 spiro atoms. The van der Waals surface area contributed by atoms with E-state index in [9.17, 15) is 0 Å². The summed E-state index contributed by atoms with van der Waals surface area (Å²) in [6.07, 6.45) is 4.43. The zero-order valence-electron chi connectivity index (χ0n) is 7.99. The third-order valence-corrected chi connectivity index (χ3v) is 2.94. The molecule has 2 aromatic rings. The van der Waals surface area contributed by atoms with Crippen molar-refractivity contribution in [1.29, 1.82) is 0 Å². The Kier molecular flexibility index (Phi) is 3.08. The van der Waals surface area contributed by atoms with Crippen LogP contribution in [0, 0.1) is 9.28 Å². The summed E-state index contributed by atoms with van der Waals surface area (Å²) in [6.45, 7) is 0. The normalized spacial score (nSPS) is 10.1. The van der Waals surface area contributed by atoms with Crippen molar-refractivity contribution in [3.05, 3.63) is 57.1 Å². The average Bonchev–Trinajstić information content (AvgIpc) is 2.24. The van der Waals surface area contributed by atoms with Crippen molar-refractivity contribution in [2.24, 2.45) is 0 Å². The van der Waals surface area contributed by atoms with Crippen LogP contribution in [0.1, 0.15) is 11.1 Å². The topological polar surface area (TPSA) is 31.6 Å². The van der Waals surface area contributed by atoms with Crippen LogP contribution in [-0.2, 0) is 6.42 Å². The van der Waals surface area contributed by atoms with Crippen LogP contribution in [0.2, 0.25) is 0 Å². The molecule has 0 fully saturated rings. The SMILES string of the molecule is S=c1[nH]cccc1Cc1ccc[nH]c1=S. The summed E-state index contributed by atoms with van der Waals surface area (Å²) in [4.78, 5) is 6.02. The molecule has 0 aliphatic heterocycles. The number of hydrogen-bond acceptors (Lipinski definition) is 2. The number of aromatic nitrogens is 2. The molecule has 0 atom stereocenters. The monoisotopic (exact) mass is 234 g/mol. The molecule has 15 heavy (non-hydrogen) atoms. The minimum atomic E-state index is 0.770. The molecule has 4 heteroatoms. The van der Waals surface area contributed by atoms with Gasteiger partial charge >= 0.3 is 0 Å². The van der Waals surface area contributed by atoms with E-state index in [-0.39, 0.29) is 0 Å². The van der Waals surface area contributed by atoms with E-state index in [2.05, 4.69) is 9.97 Å². The van der Waals surface area contributed by atoms with Gasteiger partial charge in [-0.2, -0.15) is 0 Å². The average molecular weight is 234 g/mol. The third kappa shape index (κ3) is 2.40. The van der Waals surface area contributed by atoms with Gasteiger partial charge < -0.3 is 9.97 Å². The standard InChI is InChI=1S/C11H10N2S2/c14-10-8(3-1-5-12-10)7-9-4-2-6-13-11(9)15/h1-6H,7H2,(H,12,14)(H,13,15). The van der Waals surface area contributed by atoms with Crippen molar-refractivity contribution in [2.45, 2.75) is 6.42 Å². The second-order valence-corrected chi connectivity index (χ2v) is 4.04. The Morgan fingerprint density at radius 3 is 1.73 bits per heavy atom. The van der Waals surface area contributed by atoms with E-state index in [1.165, 1.54) is 0 Å². The summed E-state index contributed by atoms with van der Waals surface area (Å²) in [5.41, 5.74) is 2.19. The molecule has 76 valence electrons. The quantitative estimate of drug-likeness (QED) is 0.780. The summed E-state index contributed by atoms with van der Waals surface area (Å²) in [5, 5.41) is 0. The summed E-state index contributed by atoms with van der Waals surface area (Å²) >= 11 is 10.4. The van der Waals surface area contributed by atoms with Gasteiger partial charge in [0.25, 0.3) is 0 Å². The molecule has 2 rings (SSSR count). The molecule has 0 radical (unpaired) electrons. The van der Waals surface area contributed by atoms with Gasteiger partial charge in [-0.05, 0) is 23.3 Å². The number of hydrogen-bond donors (Lipinski definition) is 2. The van der Waals surface area contributed by atoms with Crippen LogP contribution in [0.3, 0.4) is 0 Å². The van der Waals surface area contributed by atoms with Crippen molar-refractivity contribution in [3.63, 3.8) is 0 Å². The van der Waals surface area contributed by atoms with Gasteiger partial charge in [-0.1, -0.05) is 36.6 Å². The molecule has 0 aliphatic carbocycles. The van der Waals surface area contributed by atoms with Crippen LogP contribution in [-0.4, -0.2) is 9.97 Å². The van der Waals surface area contributed by atoms with E-state index in [0.29, 0.717) is 0 Å². The Hall–Kier alpha value is -1.26. The van der Waals surface area contributed by atoms with Gasteiger partial charge in [-0.25, -0.2) is 0 Å². The van der Waals surface area contributed by atoms with E-state index in [1.807, 2.05) is 36.7 Å². The molecule has 2 heterocycles. The first-order valence-electron chi connectivity index (χ1n) is 4.60. The maximum Gasteiger partial charge on any atom is 0.106 e. The fourth-order valence-electron chi connectivity index (χ4n) is 1.40. The zero-order chi connectivity index (χ0) is 10.7. The van der Waals surface area contributed by atoms with Crippen LogP contribution >= 0.6 is 24.4 Å². The van der Waals surface area contributed by atoms with Gasteiger partial charge in [0.05, 0.1) is 0 Å². The second-order valence-electron chi connectivity index (χ2n) is 3.23. The van der Waals surface area contributed by atoms with Crippen molar-refractivity contribution in [3.8, 4) is 0 Å². The number of H-pyrrole nitrogens is 2. The van der Waals surface area contributed by atoms with Gasteiger partial charge in [0.15, 0.2) is 0 Å². The first-order chi connectivity index (χ1) is 7.27. The van der Waals surface area contributed by atoms with Crippen LogP contribution in [0.25, 0.3) is 0 Å². The molecule has 0 unspecified atom stereocenters. The minimum Gasteiger partial charge on any atom is -0.353 e. The summed E-state index contributed by atoms with van der Waals surface area (Å²) in [7, 11) is 0. The van der Waals surface area contributed by atoms with Crippen molar-refractivity contribution in [2.75, 3.05) is 0 Å². The molecule has 2 aromatic heterocycles. The predicted molar refractivity (Wildman–Crippen MR) is 66.1 cm³/mol. The minimum absolute atomic E-state index is 0.770. The molecule has 2 N–H and O–H groups in total. The van der Waals surface area contributed by atoms with Crippen LogP contribution in [0.4, 0.5) is 0 Å². The molecular weight excluding hydrogens is 224 g/mol. The molecule has 0 bridgehead atoms. The van der Waals surface area contributed by atoms with E-state index in [0.717, 1.165) is 26.8 Å². The summed E-state index contributed by atoms with van der Waals surface area (Å²) < 4.78 is 1.55. The van der Waals surface area contributed by atoms with E-state index >= 15 is 0 Å². The molecule has 0 saturated heterocycles. The Balaban J connectivity index is 2.39. The van der Waals surface area contributed by atoms with Crippen molar-refractivity contribution < 1.29 is 0 Å². The fraction of sp³-hybridized carbons (Fsp3) is 0.0909. The largest absolute Gasteiger partial charge is 0.353 e. The Labute approximate surface area is 98.0 Å². The zero-order valence-corrected chi connectivity index (χ0v) is 9.62. The van der Waals surface area contributed by atoms with Gasteiger partial charge in [0.2, 0.25) is 0 Å². The number of pyridine rings is 2. The smallest absolute Gasteiger partial charge is 0.106 e. The van der Waals surface area contributed by atoms with Crippen LogP contribution < -0.4 is 0 Å². The Morgan fingerprint density at radius 2 is 1.33 bits per heavy atom. The van der Waals surface area contributed by atoms with Gasteiger partial charge in [0, 0.05) is 18.8 Å². The highest BCUT2D eigenvalue weighted by atomic mass is 32.1. The van der Waals surface area contributed by atoms with Crippen LogP contribution in [0.15, 0.2) is 36.7 Å². The van der Waals surface area contributed by atoms with Crippen LogP contribution in [0.5, 0.6) is 0 Å². The third-order valence-electron chi connectivity index (χ3n) is 2.18. The maximum absolute atomic E-state index is 5.19. The lowest BCUT2D eigenvalue weighted by molar-refractivity contribution is 1.09. The lowest BCUT2D eigenvalue weighted by Crippen LogP contribution is -1.92. The lowest BCUT2D eigenvalue weighted by Gasteiger charge is -2.01.